The van der Waals surface area contributed by atoms with E-state index in [1.54, 1.807) is 6.07 Å². The Hall–Kier alpha value is -2.63. The van der Waals surface area contributed by atoms with Crippen molar-refractivity contribution in [3.05, 3.63) is 53.3 Å². The lowest BCUT2D eigenvalue weighted by Gasteiger charge is -2.17. The van der Waals surface area contributed by atoms with E-state index in [0.29, 0.717) is 18.5 Å². The molecule has 2 rings (SSSR count). The van der Waals surface area contributed by atoms with Gasteiger partial charge >= 0.3 is 5.97 Å². The van der Waals surface area contributed by atoms with E-state index < -0.39 is 5.97 Å². The second-order valence-electron chi connectivity index (χ2n) is 6.16. The van der Waals surface area contributed by atoms with Gasteiger partial charge in [0.15, 0.2) is 0 Å². The number of carboxylic acids is 1. The maximum atomic E-state index is 12.4. The van der Waals surface area contributed by atoms with Crippen molar-refractivity contribution >= 4 is 11.9 Å². The number of hydrogen-bond donors (Lipinski definition) is 3. The molecule has 1 atom stereocenters. The largest absolute Gasteiger partial charge is 0.481 e. The van der Waals surface area contributed by atoms with Crippen LogP contribution >= 0.6 is 0 Å². The second kappa shape index (κ2) is 8.29. The molecular formula is C18H23N3O3. The van der Waals surface area contributed by atoms with Crippen LogP contribution in [0.4, 0.5) is 0 Å². The van der Waals surface area contributed by atoms with E-state index in [2.05, 4.69) is 15.5 Å². The molecular weight excluding hydrogens is 306 g/mol. The molecule has 0 spiro atoms. The Morgan fingerprint density at radius 2 is 1.96 bits per heavy atom. The van der Waals surface area contributed by atoms with Gasteiger partial charge in [0.25, 0.3) is 5.91 Å². The summed E-state index contributed by atoms with van der Waals surface area (Å²) in [6, 6.07) is 11.2. The Morgan fingerprint density at radius 3 is 2.54 bits per heavy atom. The minimum atomic E-state index is -0.871. The molecule has 0 saturated carbocycles. The van der Waals surface area contributed by atoms with Gasteiger partial charge in [-0.15, -0.1) is 0 Å². The normalized spacial score (nSPS) is 12.1. The molecule has 0 aliphatic heterocycles. The first-order valence-electron chi connectivity index (χ1n) is 8.07. The number of aliphatic carboxylic acids is 1. The molecule has 1 heterocycles. The molecule has 0 bridgehead atoms. The molecule has 6 nitrogen and oxygen atoms in total. The summed E-state index contributed by atoms with van der Waals surface area (Å²) in [6.45, 7) is 4.03. The Kier molecular flexibility index (Phi) is 6.12. The summed E-state index contributed by atoms with van der Waals surface area (Å²) in [5.41, 5.74) is 2.27. The summed E-state index contributed by atoms with van der Waals surface area (Å²) in [4.78, 5) is 23.2. The molecule has 0 aliphatic rings. The number of nitrogens with zero attached hydrogens (tertiary/aromatic N) is 1. The number of aromatic nitrogens is 2. The van der Waals surface area contributed by atoms with Gasteiger partial charge in [-0.1, -0.05) is 44.2 Å². The second-order valence-corrected chi connectivity index (χ2v) is 6.16. The van der Waals surface area contributed by atoms with Crippen molar-refractivity contribution in [2.45, 2.75) is 45.1 Å². The average Bonchev–Trinajstić information content (AvgIpc) is 3.04. The van der Waals surface area contributed by atoms with Crippen molar-refractivity contribution in [3.63, 3.8) is 0 Å². The van der Waals surface area contributed by atoms with Crippen molar-refractivity contribution in [1.82, 2.24) is 15.5 Å². The summed E-state index contributed by atoms with van der Waals surface area (Å²) < 4.78 is 0. The zero-order valence-electron chi connectivity index (χ0n) is 14.0. The summed E-state index contributed by atoms with van der Waals surface area (Å²) in [5, 5.41) is 18.7. The fraction of sp³-hybridized carbons (Fsp3) is 0.389. The predicted octanol–water partition coefficient (Wildman–Crippen LogP) is 2.74. The van der Waals surface area contributed by atoms with Crippen LogP contribution in [0.25, 0.3) is 0 Å². The van der Waals surface area contributed by atoms with Gasteiger partial charge in [-0.25, -0.2) is 0 Å². The third-order valence-corrected chi connectivity index (χ3v) is 3.82. The van der Waals surface area contributed by atoms with Gasteiger partial charge in [-0.05, 0) is 30.4 Å². The van der Waals surface area contributed by atoms with Crippen LogP contribution in [0.5, 0.6) is 0 Å². The monoisotopic (exact) mass is 329 g/mol. The summed E-state index contributed by atoms with van der Waals surface area (Å²) in [7, 11) is 0. The molecule has 3 N–H and O–H groups in total. The van der Waals surface area contributed by atoms with E-state index in [-0.39, 0.29) is 24.3 Å². The lowest BCUT2D eigenvalue weighted by Crippen LogP contribution is -2.37. The fourth-order valence-corrected chi connectivity index (χ4v) is 2.43. The molecule has 6 heteroatoms. The Balaban J connectivity index is 2.05. The number of amides is 1. The van der Waals surface area contributed by atoms with Crippen LogP contribution in [0.1, 0.15) is 54.4 Å². The molecule has 24 heavy (non-hydrogen) atoms. The van der Waals surface area contributed by atoms with E-state index in [0.717, 1.165) is 11.3 Å². The first-order valence-corrected chi connectivity index (χ1v) is 8.07. The molecule has 128 valence electrons. The number of nitrogens with one attached hydrogen (secondary N) is 2. The van der Waals surface area contributed by atoms with Crippen molar-refractivity contribution in [2.24, 2.45) is 0 Å². The highest BCUT2D eigenvalue weighted by Crippen LogP contribution is 2.13. The van der Waals surface area contributed by atoms with Crippen LogP contribution in [-0.2, 0) is 11.2 Å². The highest BCUT2D eigenvalue weighted by molar-refractivity contribution is 5.92. The molecule has 1 unspecified atom stereocenters. The Morgan fingerprint density at radius 1 is 1.25 bits per heavy atom. The molecule has 0 fully saturated rings. The van der Waals surface area contributed by atoms with Crippen LogP contribution < -0.4 is 5.32 Å². The van der Waals surface area contributed by atoms with Crippen molar-refractivity contribution in [1.29, 1.82) is 0 Å². The number of hydrogen-bond acceptors (Lipinski definition) is 3. The number of aromatic amines is 1. The van der Waals surface area contributed by atoms with Crippen LogP contribution in [-0.4, -0.2) is 33.2 Å². The van der Waals surface area contributed by atoms with Crippen LogP contribution in [0.3, 0.4) is 0 Å². The van der Waals surface area contributed by atoms with Crippen molar-refractivity contribution in [2.75, 3.05) is 0 Å². The van der Waals surface area contributed by atoms with Crippen molar-refractivity contribution < 1.29 is 14.7 Å². The van der Waals surface area contributed by atoms with E-state index in [4.69, 9.17) is 5.11 Å². The number of benzene rings is 1. The summed E-state index contributed by atoms with van der Waals surface area (Å²) in [6.07, 6.45) is 0.967. The topological polar surface area (TPSA) is 95.1 Å². The highest BCUT2D eigenvalue weighted by atomic mass is 16.4. The van der Waals surface area contributed by atoms with Crippen LogP contribution in [0.15, 0.2) is 36.4 Å². The number of H-pyrrole nitrogens is 1. The number of carbonyl (C=O) groups is 2. The zero-order valence-corrected chi connectivity index (χ0v) is 14.0. The first-order chi connectivity index (χ1) is 11.5. The first kappa shape index (κ1) is 17.7. The molecule has 0 aliphatic carbocycles. The minimum Gasteiger partial charge on any atom is -0.481 e. The van der Waals surface area contributed by atoms with E-state index in [9.17, 15) is 9.59 Å². The maximum absolute atomic E-state index is 12.4. The summed E-state index contributed by atoms with van der Waals surface area (Å²) in [5.74, 6) is -0.903. The van der Waals surface area contributed by atoms with E-state index in [1.165, 1.54) is 0 Å². The van der Waals surface area contributed by atoms with E-state index in [1.807, 2.05) is 44.2 Å². The Bertz CT molecular complexity index is 680. The number of carbonyl (C=O) groups excluding carboxylic acids is 1. The van der Waals surface area contributed by atoms with E-state index >= 15 is 0 Å². The molecule has 2 aromatic rings. The molecule has 1 amide bonds. The van der Waals surface area contributed by atoms with Crippen LogP contribution in [0.2, 0.25) is 0 Å². The van der Waals surface area contributed by atoms with Crippen LogP contribution in [0, 0.1) is 0 Å². The van der Waals surface area contributed by atoms with Gasteiger partial charge in [0.05, 0.1) is 0 Å². The minimum absolute atomic E-state index is 0.00951. The number of carboxylic acid groups (broad SMARTS) is 1. The third kappa shape index (κ3) is 5.22. The third-order valence-electron chi connectivity index (χ3n) is 3.82. The zero-order chi connectivity index (χ0) is 17.5. The van der Waals surface area contributed by atoms with Crippen molar-refractivity contribution in [3.8, 4) is 0 Å². The van der Waals surface area contributed by atoms with Gasteiger partial charge < -0.3 is 10.4 Å². The van der Waals surface area contributed by atoms with Gasteiger partial charge in [-0.2, -0.15) is 5.10 Å². The highest BCUT2D eigenvalue weighted by Gasteiger charge is 2.18. The SMILES string of the molecule is CC(C)c1cc(C(=O)NC(CCC(=O)O)Cc2ccccc2)n[nH]1. The molecule has 0 saturated heterocycles. The molecule has 1 aromatic carbocycles. The van der Waals surface area contributed by atoms with Gasteiger partial charge in [0.1, 0.15) is 5.69 Å². The van der Waals surface area contributed by atoms with Gasteiger partial charge in [0, 0.05) is 18.2 Å². The van der Waals surface area contributed by atoms with Gasteiger partial charge in [0.2, 0.25) is 0 Å². The smallest absolute Gasteiger partial charge is 0.303 e. The summed E-state index contributed by atoms with van der Waals surface area (Å²) >= 11 is 0. The standard InChI is InChI=1S/C18H23N3O3/c1-12(2)15-11-16(21-20-15)18(24)19-14(8-9-17(22)23)10-13-6-4-3-5-7-13/h3-7,11-12,14H,8-10H2,1-2H3,(H,19,24)(H,20,21)(H,22,23). The lowest BCUT2D eigenvalue weighted by atomic mass is 10.0. The lowest BCUT2D eigenvalue weighted by molar-refractivity contribution is -0.137. The average molecular weight is 329 g/mol. The quantitative estimate of drug-likeness (QED) is 0.694. The molecule has 1 aromatic heterocycles. The predicted molar refractivity (Wildman–Crippen MR) is 90.9 cm³/mol. The van der Waals surface area contributed by atoms with Gasteiger partial charge in [-0.3, -0.25) is 14.7 Å². The Labute approximate surface area is 141 Å². The fourth-order valence-electron chi connectivity index (χ4n) is 2.43. The number of rotatable bonds is 8. The maximum Gasteiger partial charge on any atom is 0.303 e. The molecule has 0 radical (unpaired) electrons.